The fourth-order valence-electron chi connectivity index (χ4n) is 9.32. The molecule has 3 saturated carbocycles. The molecular formula is C34H47BrO3. The highest BCUT2D eigenvalue weighted by atomic mass is 79.9. The van der Waals surface area contributed by atoms with Gasteiger partial charge in [0.2, 0.25) is 0 Å². The van der Waals surface area contributed by atoms with Crippen LogP contribution in [0.15, 0.2) is 42.0 Å². The Labute approximate surface area is 238 Å². The highest BCUT2D eigenvalue weighted by molar-refractivity contribution is 9.09. The van der Waals surface area contributed by atoms with E-state index in [2.05, 4.69) is 50.5 Å². The van der Waals surface area contributed by atoms with Crippen LogP contribution in [0.3, 0.4) is 0 Å². The number of carbonyl (C=O) groups is 2. The van der Waals surface area contributed by atoms with Crippen LogP contribution >= 0.6 is 15.9 Å². The highest BCUT2D eigenvalue weighted by Crippen LogP contribution is 2.67. The number of hydrogen-bond donors (Lipinski definition) is 0. The van der Waals surface area contributed by atoms with Crippen molar-refractivity contribution in [3.8, 4) is 0 Å². The van der Waals surface area contributed by atoms with E-state index in [1.807, 2.05) is 24.3 Å². The first-order chi connectivity index (χ1) is 18.1. The van der Waals surface area contributed by atoms with Gasteiger partial charge in [0.05, 0.1) is 10.4 Å². The first-order valence-corrected chi connectivity index (χ1v) is 16.1. The van der Waals surface area contributed by atoms with Crippen molar-refractivity contribution in [3.05, 3.63) is 47.5 Å². The minimum atomic E-state index is -0.280. The number of ether oxygens (including phenoxy) is 1. The number of hydrogen-bond acceptors (Lipinski definition) is 3. The van der Waals surface area contributed by atoms with Crippen molar-refractivity contribution in [2.24, 2.45) is 46.3 Å². The van der Waals surface area contributed by atoms with E-state index in [1.165, 1.54) is 44.1 Å². The second-order valence-corrected chi connectivity index (χ2v) is 14.9. The van der Waals surface area contributed by atoms with Crippen LogP contribution in [0, 0.1) is 46.3 Å². The van der Waals surface area contributed by atoms with Crippen LogP contribution in [0.2, 0.25) is 0 Å². The second-order valence-electron chi connectivity index (χ2n) is 13.9. The molecule has 1 aromatic rings. The van der Waals surface area contributed by atoms with E-state index in [1.54, 1.807) is 12.1 Å². The molecule has 1 aromatic carbocycles. The maximum absolute atomic E-state index is 13.9. The van der Waals surface area contributed by atoms with Gasteiger partial charge in [0.1, 0.15) is 6.10 Å². The van der Waals surface area contributed by atoms with Gasteiger partial charge in [-0.15, -0.1) is 0 Å². The lowest BCUT2D eigenvalue weighted by Gasteiger charge is -2.58. The largest absolute Gasteiger partial charge is 0.457 e. The van der Waals surface area contributed by atoms with Gasteiger partial charge in [-0.2, -0.15) is 0 Å². The summed E-state index contributed by atoms with van der Waals surface area (Å²) < 4.78 is 5.99. The maximum atomic E-state index is 13.9. The number of allylic oxidation sites excluding steroid dienone is 1. The lowest BCUT2D eigenvalue weighted by Crippen LogP contribution is -2.55. The normalized spacial score (nSPS) is 39.1. The summed E-state index contributed by atoms with van der Waals surface area (Å²) in [5, 5.41) is 0. The molecule has 0 bridgehead atoms. The Morgan fingerprint density at radius 3 is 2.45 bits per heavy atom. The lowest BCUT2D eigenvalue weighted by atomic mass is 9.46. The predicted octanol–water partition coefficient (Wildman–Crippen LogP) is 8.81. The summed E-state index contributed by atoms with van der Waals surface area (Å²) >= 11 is 3.91. The molecule has 4 heteroatoms. The molecule has 0 spiro atoms. The zero-order chi connectivity index (χ0) is 27.2. The molecule has 0 saturated heterocycles. The SMILES string of the molecule is CC(C)CCC[C@@H](C)[C@H]1CC[C@H]2[C@@H]3C(=O)C=C4C(Br)[C@@H](OC(=O)c5ccccc5)CC[C@]4(C)[C@H]3CC[C@]12C. The molecular weight excluding hydrogens is 536 g/mol. The lowest BCUT2D eigenvalue weighted by molar-refractivity contribution is -0.135. The molecule has 0 radical (unpaired) electrons. The van der Waals surface area contributed by atoms with E-state index in [0.717, 1.165) is 37.0 Å². The van der Waals surface area contributed by atoms with E-state index in [9.17, 15) is 9.59 Å². The summed E-state index contributed by atoms with van der Waals surface area (Å²) in [6.45, 7) is 12.1. The standard InChI is InChI=1S/C34H47BrO3/c1-21(2)10-9-11-22(3)24-14-15-25-30-26(16-18-33(24,25)4)34(5)19-17-29(31(35)27(34)20-28(30)36)38-32(37)23-12-7-6-8-13-23/h6-8,12-13,20-22,24-26,29-31H,9-11,14-19H2,1-5H3/t22-,24-,25+,26+,29+,30+,31?,33-,34-/m1/s1. The number of halogens is 1. The first kappa shape index (κ1) is 28.1. The molecule has 3 nitrogen and oxygen atoms in total. The van der Waals surface area contributed by atoms with Crippen LogP contribution in [0.4, 0.5) is 0 Å². The van der Waals surface area contributed by atoms with Gasteiger partial charge in [-0.1, -0.05) is 88.0 Å². The highest BCUT2D eigenvalue weighted by Gasteiger charge is 2.62. The van der Waals surface area contributed by atoms with Crippen molar-refractivity contribution in [2.75, 3.05) is 0 Å². The minimum absolute atomic E-state index is 0.00923. The number of carbonyl (C=O) groups excluding carboxylic acids is 2. The molecule has 3 fully saturated rings. The molecule has 0 heterocycles. The summed E-state index contributed by atoms with van der Waals surface area (Å²) in [6.07, 6.45) is 12.4. The van der Waals surface area contributed by atoms with Gasteiger partial charge < -0.3 is 4.74 Å². The van der Waals surface area contributed by atoms with Gasteiger partial charge in [-0.25, -0.2) is 4.79 Å². The number of ketones is 1. The van der Waals surface area contributed by atoms with Crippen molar-refractivity contribution in [1.29, 1.82) is 0 Å². The molecule has 0 aromatic heterocycles. The second kappa shape index (κ2) is 10.9. The molecule has 4 aliphatic carbocycles. The van der Waals surface area contributed by atoms with Crippen molar-refractivity contribution in [1.82, 2.24) is 0 Å². The number of alkyl halides is 1. The maximum Gasteiger partial charge on any atom is 0.338 e. The average molecular weight is 584 g/mol. The zero-order valence-electron chi connectivity index (χ0n) is 24.0. The van der Waals surface area contributed by atoms with Crippen molar-refractivity contribution < 1.29 is 14.3 Å². The number of benzene rings is 1. The quantitative estimate of drug-likeness (QED) is 0.238. The summed E-state index contributed by atoms with van der Waals surface area (Å²) in [4.78, 5) is 26.6. The Balaban J connectivity index is 1.33. The van der Waals surface area contributed by atoms with Crippen LogP contribution in [-0.2, 0) is 9.53 Å². The van der Waals surface area contributed by atoms with Gasteiger partial charge in [-0.05, 0) is 103 Å². The minimum Gasteiger partial charge on any atom is -0.457 e. The number of fused-ring (bicyclic) bond motifs is 5. The Hall–Kier alpha value is -1.42. The molecule has 9 atom stereocenters. The fourth-order valence-corrected chi connectivity index (χ4v) is 10.3. The number of rotatable bonds is 7. The van der Waals surface area contributed by atoms with E-state index in [0.29, 0.717) is 23.2 Å². The van der Waals surface area contributed by atoms with Gasteiger partial charge in [-0.3, -0.25) is 4.79 Å². The first-order valence-electron chi connectivity index (χ1n) is 15.2. The third-order valence-corrected chi connectivity index (χ3v) is 12.5. The summed E-state index contributed by atoms with van der Waals surface area (Å²) in [6, 6.07) is 9.22. The molecule has 5 rings (SSSR count). The topological polar surface area (TPSA) is 43.4 Å². The van der Waals surface area contributed by atoms with Crippen molar-refractivity contribution in [3.63, 3.8) is 0 Å². The van der Waals surface area contributed by atoms with Gasteiger partial charge in [0, 0.05) is 5.92 Å². The van der Waals surface area contributed by atoms with E-state index < -0.39 is 0 Å². The van der Waals surface area contributed by atoms with Gasteiger partial charge in [0.25, 0.3) is 0 Å². The van der Waals surface area contributed by atoms with Crippen LogP contribution in [0.5, 0.6) is 0 Å². The summed E-state index contributed by atoms with van der Waals surface area (Å²) in [5.74, 6) is 3.37. The van der Waals surface area contributed by atoms with Crippen LogP contribution in [-0.4, -0.2) is 22.7 Å². The summed E-state index contributed by atoms with van der Waals surface area (Å²) in [7, 11) is 0. The Kier molecular flexibility index (Phi) is 8.04. The van der Waals surface area contributed by atoms with Crippen LogP contribution in [0.1, 0.15) is 103 Å². The Morgan fingerprint density at radius 2 is 1.74 bits per heavy atom. The van der Waals surface area contributed by atoms with Gasteiger partial charge in [0.15, 0.2) is 5.78 Å². The molecule has 208 valence electrons. The molecule has 0 aliphatic heterocycles. The fraction of sp³-hybridized carbons (Fsp3) is 0.706. The Bertz CT molecular complexity index is 1060. The van der Waals surface area contributed by atoms with Crippen LogP contribution < -0.4 is 0 Å². The van der Waals surface area contributed by atoms with E-state index >= 15 is 0 Å². The average Bonchev–Trinajstić information content (AvgIpc) is 3.24. The zero-order valence-corrected chi connectivity index (χ0v) is 25.6. The Morgan fingerprint density at radius 1 is 1.00 bits per heavy atom. The molecule has 4 aliphatic rings. The van der Waals surface area contributed by atoms with E-state index in [-0.39, 0.29) is 33.6 Å². The van der Waals surface area contributed by atoms with E-state index in [4.69, 9.17) is 4.74 Å². The van der Waals surface area contributed by atoms with Crippen molar-refractivity contribution >= 4 is 27.7 Å². The predicted molar refractivity (Wildman–Crippen MR) is 157 cm³/mol. The molecule has 38 heavy (non-hydrogen) atoms. The monoisotopic (exact) mass is 582 g/mol. The van der Waals surface area contributed by atoms with Gasteiger partial charge >= 0.3 is 5.97 Å². The third kappa shape index (κ3) is 4.86. The molecule has 1 unspecified atom stereocenters. The molecule has 0 amide bonds. The summed E-state index contributed by atoms with van der Waals surface area (Å²) in [5.41, 5.74) is 2.02. The van der Waals surface area contributed by atoms with Crippen LogP contribution in [0.25, 0.3) is 0 Å². The smallest absolute Gasteiger partial charge is 0.338 e. The number of esters is 1. The van der Waals surface area contributed by atoms with Crippen molar-refractivity contribution in [2.45, 2.75) is 103 Å². The molecule has 0 N–H and O–H groups in total. The third-order valence-electron chi connectivity index (χ3n) is 11.4.